The molecule has 0 aliphatic carbocycles. The van der Waals surface area contributed by atoms with Crippen molar-refractivity contribution in [1.29, 1.82) is 0 Å². The van der Waals surface area contributed by atoms with Gasteiger partial charge in [-0.3, -0.25) is 9.59 Å². The molecular formula is C68H130O8Zn. The van der Waals surface area contributed by atoms with Crippen LogP contribution in [0.25, 0.3) is 0 Å². The summed E-state index contributed by atoms with van der Waals surface area (Å²) in [5, 5.41) is 20.8. The maximum Gasteiger partial charge on any atom is 2.00 e. The second-order valence-corrected chi connectivity index (χ2v) is 23.4. The second kappa shape index (κ2) is 68.8. The minimum absolute atomic E-state index is 0. The number of carboxylic acids is 2. The molecule has 0 N–H and O–H groups in total. The van der Waals surface area contributed by atoms with Crippen molar-refractivity contribution in [3.63, 3.8) is 0 Å². The van der Waals surface area contributed by atoms with E-state index in [1.54, 1.807) is 0 Å². The van der Waals surface area contributed by atoms with Crippen LogP contribution in [0.15, 0.2) is 0 Å². The Morgan fingerprint density at radius 1 is 0.247 bits per heavy atom. The number of carbonyl (C=O) groups excluding carboxylic acids is 4. The predicted octanol–water partition coefficient (Wildman–Crippen LogP) is 20.0. The SMILES string of the molecule is CCCCCCCCCCCCCCCC(=O)OC(CCCCC)CCCCCCCCCCCC(=O)[O-].CCCCCCCCCCCCCCCC(=O)OC(CCCCC)CCCCCCCCCCCC(=O)[O-].[Zn+2]. The van der Waals surface area contributed by atoms with E-state index in [0.29, 0.717) is 12.8 Å². The van der Waals surface area contributed by atoms with Crippen molar-refractivity contribution >= 4 is 23.9 Å². The molecule has 0 aromatic carbocycles. The monoisotopic (exact) mass is 1140 g/mol. The van der Waals surface area contributed by atoms with E-state index in [-0.39, 0.29) is 56.5 Å². The number of unbranched alkanes of at least 4 members (excludes halogenated alkanes) is 44. The van der Waals surface area contributed by atoms with E-state index in [2.05, 4.69) is 27.7 Å². The van der Waals surface area contributed by atoms with Gasteiger partial charge in [0, 0.05) is 24.8 Å². The molecule has 0 amide bonds. The second-order valence-electron chi connectivity index (χ2n) is 23.4. The molecule has 77 heavy (non-hydrogen) atoms. The van der Waals surface area contributed by atoms with Crippen molar-refractivity contribution in [2.45, 2.75) is 412 Å². The van der Waals surface area contributed by atoms with Crippen LogP contribution >= 0.6 is 0 Å². The van der Waals surface area contributed by atoms with E-state index in [1.807, 2.05) is 0 Å². The summed E-state index contributed by atoms with van der Waals surface area (Å²) < 4.78 is 11.8. The van der Waals surface area contributed by atoms with Gasteiger partial charge in [-0.15, -0.1) is 0 Å². The van der Waals surface area contributed by atoms with Gasteiger partial charge < -0.3 is 29.3 Å². The molecule has 9 heteroatoms. The van der Waals surface area contributed by atoms with Crippen LogP contribution < -0.4 is 10.2 Å². The van der Waals surface area contributed by atoms with Crippen molar-refractivity contribution in [1.82, 2.24) is 0 Å². The van der Waals surface area contributed by atoms with Gasteiger partial charge in [0.05, 0.1) is 0 Å². The number of hydrogen-bond acceptors (Lipinski definition) is 8. The smallest absolute Gasteiger partial charge is 0.550 e. The first-order valence-corrected chi connectivity index (χ1v) is 34.0. The first kappa shape index (κ1) is 79.7. The summed E-state index contributed by atoms with van der Waals surface area (Å²) >= 11 is 0. The molecule has 452 valence electrons. The molecule has 0 bridgehead atoms. The molecule has 2 atom stereocenters. The van der Waals surface area contributed by atoms with Gasteiger partial charge in [0.1, 0.15) is 12.2 Å². The Kier molecular flexibility index (Phi) is 71.2. The van der Waals surface area contributed by atoms with Crippen LogP contribution in [0.1, 0.15) is 400 Å². The molecule has 0 fully saturated rings. The van der Waals surface area contributed by atoms with Crippen LogP contribution in [0.2, 0.25) is 0 Å². The Hall–Kier alpha value is -1.50. The van der Waals surface area contributed by atoms with Gasteiger partial charge in [-0.2, -0.15) is 0 Å². The number of carbonyl (C=O) groups is 4. The zero-order valence-corrected chi connectivity index (χ0v) is 55.1. The van der Waals surface area contributed by atoms with Crippen LogP contribution in [0.5, 0.6) is 0 Å². The van der Waals surface area contributed by atoms with Crippen LogP contribution in [-0.2, 0) is 48.1 Å². The number of esters is 2. The van der Waals surface area contributed by atoms with Crippen molar-refractivity contribution in [3.05, 3.63) is 0 Å². The first-order chi connectivity index (χ1) is 37.2. The third-order valence-electron chi connectivity index (χ3n) is 15.6. The molecule has 0 aliphatic heterocycles. The maximum absolute atomic E-state index is 12.4. The summed E-state index contributed by atoms with van der Waals surface area (Å²) in [6, 6.07) is 0. The summed E-state index contributed by atoms with van der Waals surface area (Å²) in [6.45, 7) is 8.99. The fourth-order valence-corrected chi connectivity index (χ4v) is 10.6. The molecule has 0 aliphatic rings. The van der Waals surface area contributed by atoms with Crippen LogP contribution in [0, 0.1) is 0 Å². The van der Waals surface area contributed by atoms with E-state index in [0.717, 1.165) is 116 Å². The average molecular weight is 1140 g/mol. The average Bonchev–Trinajstić information content (AvgIpc) is 3.39. The normalized spacial score (nSPS) is 11.9. The summed E-state index contributed by atoms with van der Waals surface area (Å²) in [5.74, 6) is -1.81. The molecule has 0 aromatic heterocycles. The van der Waals surface area contributed by atoms with Crippen LogP contribution in [-0.4, -0.2) is 36.1 Å². The van der Waals surface area contributed by atoms with Crippen molar-refractivity contribution in [3.8, 4) is 0 Å². The summed E-state index contributed by atoms with van der Waals surface area (Å²) in [7, 11) is 0. The van der Waals surface area contributed by atoms with Crippen molar-refractivity contribution < 1.29 is 58.3 Å². The molecule has 0 saturated heterocycles. The number of aliphatic carboxylic acids is 2. The third-order valence-corrected chi connectivity index (χ3v) is 15.6. The third kappa shape index (κ3) is 70.6. The van der Waals surface area contributed by atoms with Gasteiger partial charge in [0.2, 0.25) is 0 Å². The first-order valence-electron chi connectivity index (χ1n) is 34.0. The molecule has 2 unspecified atom stereocenters. The Balaban J connectivity index is -0.00000140. The van der Waals surface area contributed by atoms with E-state index in [9.17, 15) is 29.4 Å². The molecule has 0 aromatic rings. The minimum atomic E-state index is -0.928. The minimum Gasteiger partial charge on any atom is -0.550 e. The van der Waals surface area contributed by atoms with Gasteiger partial charge in [0.25, 0.3) is 0 Å². The summed E-state index contributed by atoms with van der Waals surface area (Å²) in [5.41, 5.74) is 0. The fourth-order valence-electron chi connectivity index (χ4n) is 10.6. The van der Waals surface area contributed by atoms with Crippen LogP contribution in [0.3, 0.4) is 0 Å². The Morgan fingerprint density at radius 3 is 0.610 bits per heavy atom. The molecule has 0 rings (SSSR count). The number of hydrogen-bond donors (Lipinski definition) is 0. The van der Waals surface area contributed by atoms with Crippen molar-refractivity contribution in [2.75, 3.05) is 0 Å². The Labute approximate surface area is 492 Å². The number of ether oxygens (including phenoxy) is 2. The Bertz CT molecular complexity index is 1110. The topological polar surface area (TPSA) is 133 Å². The molecule has 0 radical (unpaired) electrons. The van der Waals surface area contributed by atoms with Gasteiger partial charge in [0.15, 0.2) is 0 Å². The summed E-state index contributed by atoms with van der Waals surface area (Å²) in [6.07, 6.45) is 67.7. The zero-order chi connectivity index (χ0) is 55.9. The quantitative estimate of drug-likeness (QED) is 0.0334. The maximum atomic E-state index is 12.4. The van der Waals surface area contributed by atoms with Gasteiger partial charge in [-0.05, 0) is 89.9 Å². The summed E-state index contributed by atoms with van der Waals surface area (Å²) in [4.78, 5) is 45.7. The van der Waals surface area contributed by atoms with Gasteiger partial charge >= 0.3 is 31.4 Å². The molecule has 0 heterocycles. The molecule has 8 nitrogen and oxygen atoms in total. The van der Waals surface area contributed by atoms with Gasteiger partial charge in [-0.25, -0.2) is 0 Å². The standard InChI is InChI=1S/2C34H66O4.Zn/c2*1-3-5-7-8-9-10-11-12-13-17-20-23-27-31-34(37)38-32(28-24-6-4-2)29-25-21-18-15-14-16-19-22-26-30-33(35)36;/h2*32H,3-31H2,1-2H3,(H,35,36);/q;;+2/p-2. The van der Waals surface area contributed by atoms with E-state index < -0.39 is 11.9 Å². The van der Waals surface area contributed by atoms with Gasteiger partial charge in [-0.1, -0.05) is 297 Å². The van der Waals surface area contributed by atoms with E-state index >= 15 is 0 Å². The number of carboxylic acid groups (broad SMARTS) is 2. The molecular weight excluding hydrogens is 1010 g/mol. The van der Waals surface area contributed by atoms with Crippen molar-refractivity contribution in [2.24, 2.45) is 0 Å². The Morgan fingerprint density at radius 2 is 0.403 bits per heavy atom. The fraction of sp³-hybridized carbons (Fsp3) is 0.941. The van der Waals surface area contributed by atoms with Crippen LogP contribution in [0.4, 0.5) is 0 Å². The largest absolute Gasteiger partial charge is 2.00 e. The number of rotatable bonds is 62. The zero-order valence-electron chi connectivity index (χ0n) is 52.1. The molecule has 0 saturated carbocycles. The predicted molar refractivity (Wildman–Crippen MR) is 320 cm³/mol. The van der Waals surface area contributed by atoms with E-state index in [1.165, 1.54) is 231 Å². The van der Waals surface area contributed by atoms with E-state index in [4.69, 9.17) is 9.47 Å². The molecule has 0 spiro atoms.